The first-order valence-electron chi connectivity index (χ1n) is 12.2. The fraction of sp³-hybridized carbons (Fsp3) is 0.296. The summed E-state index contributed by atoms with van der Waals surface area (Å²) >= 11 is 2.84. The molecule has 11 heteroatoms. The number of anilines is 1. The van der Waals surface area contributed by atoms with E-state index < -0.39 is 17.6 Å². The molecule has 1 atom stereocenters. The maximum atomic E-state index is 15.4. The van der Waals surface area contributed by atoms with Gasteiger partial charge in [0, 0.05) is 41.2 Å². The Labute approximate surface area is 227 Å². The molecule has 2 amide bonds. The molecule has 1 aliphatic rings. The largest absolute Gasteiger partial charge is 0.370 e. The summed E-state index contributed by atoms with van der Waals surface area (Å²) in [5, 5.41) is 13.6. The molecule has 0 bridgehead atoms. The Hall–Kier alpha value is -3.72. The molecule has 1 saturated heterocycles. The molecule has 3 aromatic heterocycles. The maximum absolute atomic E-state index is 15.4. The zero-order valence-corrected chi connectivity index (χ0v) is 22.3. The van der Waals surface area contributed by atoms with Crippen LogP contribution in [0.3, 0.4) is 0 Å². The number of nitrogens with one attached hydrogen (secondary N) is 1. The summed E-state index contributed by atoms with van der Waals surface area (Å²) in [5.74, 6) is 5.07. The van der Waals surface area contributed by atoms with Gasteiger partial charge in [-0.1, -0.05) is 29.2 Å². The molecule has 1 aromatic carbocycles. The highest BCUT2D eigenvalue weighted by Gasteiger charge is 2.32. The van der Waals surface area contributed by atoms with Crippen molar-refractivity contribution in [2.45, 2.75) is 38.6 Å². The molecule has 0 unspecified atom stereocenters. The van der Waals surface area contributed by atoms with Crippen LogP contribution in [0.15, 0.2) is 36.5 Å². The summed E-state index contributed by atoms with van der Waals surface area (Å²) in [4.78, 5) is 32.0. The van der Waals surface area contributed by atoms with Gasteiger partial charge in [-0.15, -0.1) is 21.5 Å². The summed E-state index contributed by atoms with van der Waals surface area (Å²) in [6.45, 7) is 3.28. The molecule has 8 nitrogen and oxygen atoms in total. The number of aryl methyl sites for hydroxylation is 1. The van der Waals surface area contributed by atoms with Gasteiger partial charge in [-0.25, -0.2) is 9.37 Å². The average molecular weight is 549 g/mol. The number of nitrogens with zero attached hydrogens (tertiary/aromatic N) is 4. The van der Waals surface area contributed by atoms with E-state index >= 15 is 4.39 Å². The number of carbonyl (C=O) groups is 2. The Bertz CT molecular complexity index is 1560. The number of fused-ring (bicyclic) bond motifs is 1. The van der Waals surface area contributed by atoms with Gasteiger partial charge in [0.1, 0.15) is 21.7 Å². The van der Waals surface area contributed by atoms with E-state index in [1.165, 1.54) is 34.8 Å². The van der Waals surface area contributed by atoms with Gasteiger partial charge in [-0.3, -0.25) is 14.5 Å². The number of primary amides is 1. The Morgan fingerprint density at radius 1 is 1.24 bits per heavy atom. The second-order valence-electron chi connectivity index (χ2n) is 8.92. The number of hydrogen-bond acceptors (Lipinski definition) is 8. The van der Waals surface area contributed by atoms with Crippen molar-refractivity contribution in [3.8, 4) is 22.4 Å². The number of hydrogen-bond donors (Lipinski definition) is 2. The van der Waals surface area contributed by atoms with Crippen LogP contribution in [0.5, 0.6) is 0 Å². The number of pyridine rings is 1. The Morgan fingerprint density at radius 3 is 2.82 bits per heavy atom. The molecule has 0 saturated carbocycles. The van der Waals surface area contributed by atoms with Crippen molar-refractivity contribution >= 4 is 50.4 Å². The summed E-state index contributed by atoms with van der Waals surface area (Å²) in [5.41, 5.74) is 5.75. The Kier molecular flexibility index (Phi) is 7.74. The third kappa shape index (κ3) is 5.57. The van der Waals surface area contributed by atoms with Crippen LogP contribution in [0.25, 0.3) is 20.7 Å². The van der Waals surface area contributed by atoms with Crippen LogP contribution in [0.4, 0.5) is 10.2 Å². The summed E-state index contributed by atoms with van der Waals surface area (Å²) in [6.07, 6.45) is 3.89. The molecule has 1 fully saturated rings. The minimum absolute atomic E-state index is 0.0268. The fourth-order valence-electron chi connectivity index (χ4n) is 4.39. The minimum Gasteiger partial charge on any atom is -0.370 e. The topological polar surface area (TPSA) is 114 Å². The quantitative estimate of drug-likeness (QED) is 0.348. The number of rotatable bonds is 6. The third-order valence-electron chi connectivity index (χ3n) is 6.19. The van der Waals surface area contributed by atoms with Gasteiger partial charge in [-0.2, -0.15) is 0 Å². The lowest BCUT2D eigenvalue weighted by Gasteiger charge is -2.34. The van der Waals surface area contributed by atoms with E-state index in [-0.39, 0.29) is 18.0 Å². The Morgan fingerprint density at radius 2 is 2.11 bits per heavy atom. The van der Waals surface area contributed by atoms with Gasteiger partial charge < -0.3 is 11.1 Å². The predicted molar refractivity (Wildman–Crippen MR) is 148 cm³/mol. The van der Waals surface area contributed by atoms with Crippen molar-refractivity contribution in [3.63, 3.8) is 0 Å². The highest BCUT2D eigenvalue weighted by atomic mass is 32.1. The first kappa shape index (κ1) is 25.9. The SMILES string of the molecule is Cc1nnc(-c2ccc(C(=O)N(c3nccc4sc(C#CCCC(N)=O)cc34)[C@@H]3CCCNC3)c(F)c2)s1. The molecule has 4 aromatic rings. The second-order valence-corrected chi connectivity index (χ2v) is 11.2. The van der Waals surface area contributed by atoms with Gasteiger partial charge in [-0.05, 0) is 50.6 Å². The predicted octanol–water partition coefficient (Wildman–Crippen LogP) is 4.28. The van der Waals surface area contributed by atoms with Crippen molar-refractivity contribution in [1.29, 1.82) is 0 Å². The molecule has 0 aliphatic carbocycles. The molecule has 5 rings (SSSR count). The molecule has 194 valence electrons. The number of thiophene rings is 1. The monoisotopic (exact) mass is 548 g/mol. The van der Waals surface area contributed by atoms with Crippen LogP contribution >= 0.6 is 22.7 Å². The number of benzene rings is 1. The van der Waals surface area contributed by atoms with Gasteiger partial charge in [0.05, 0.1) is 16.5 Å². The molecule has 3 N–H and O–H groups in total. The Balaban J connectivity index is 1.52. The zero-order chi connectivity index (χ0) is 26.6. The van der Waals surface area contributed by atoms with E-state index in [0.29, 0.717) is 29.4 Å². The van der Waals surface area contributed by atoms with Crippen molar-refractivity contribution in [2.24, 2.45) is 5.73 Å². The standard InChI is InChI=1S/C27H25FN6O2S2/c1-16-32-33-26(37-16)17-8-9-20(22(28)13-17)27(36)34(18-5-4-11-30-15-18)25-21-14-19(6-2-3-7-24(29)35)38-23(21)10-12-31-25/h8-10,12-14,18,30H,3-5,7,11,15H2,1H3,(H2,29,35)/t18-/m1/s1. The molecule has 38 heavy (non-hydrogen) atoms. The van der Waals surface area contributed by atoms with E-state index in [2.05, 4.69) is 32.3 Å². The summed E-state index contributed by atoms with van der Waals surface area (Å²) in [6, 6.07) is 8.13. The van der Waals surface area contributed by atoms with E-state index in [1.807, 2.05) is 19.1 Å². The molecule has 1 aliphatic heterocycles. The summed E-state index contributed by atoms with van der Waals surface area (Å²) in [7, 11) is 0. The van der Waals surface area contributed by atoms with E-state index in [0.717, 1.165) is 39.4 Å². The van der Waals surface area contributed by atoms with Gasteiger partial charge in [0.25, 0.3) is 5.91 Å². The first-order valence-corrected chi connectivity index (χ1v) is 13.8. The van der Waals surface area contributed by atoms with Crippen molar-refractivity contribution in [1.82, 2.24) is 20.5 Å². The molecule has 0 radical (unpaired) electrons. The number of aromatic nitrogens is 3. The van der Waals surface area contributed by atoms with Crippen LogP contribution in [-0.2, 0) is 4.79 Å². The van der Waals surface area contributed by atoms with Crippen molar-refractivity contribution in [2.75, 3.05) is 18.0 Å². The van der Waals surface area contributed by atoms with Gasteiger partial charge in [0.2, 0.25) is 5.91 Å². The highest BCUT2D eigenvalue weighted by Crippen LogP contribution is 2.35. The normalized spacial score (nSPS) is 15.2. The number of nitrogens with two attached hydrogens (primary N) is 1. The first-order chi connectivity index (χ1) is 18.4. The smallest absolute Gasteiger partial charge is 0.262 e. The molecular formula is C27H25FN6O2S2. The molecular weight excluding hydrogens is 523 g/mol. The van der Waals surface area contributed by atoms with Crippen LogP contribution in [-0.4, -0.2) is 46.1 Å². The van der Waals surface area contributed by atoms with Crippen LogP contribution in [0, 0.1) is 24.6 Å². The lowest BCUT2D eigenvalue weighted by Crippen LogP contribution is -2.49. The van der Waals surface area contributed by atoms with Crippen molar-refractivity contribution < 1.29 is 14.0 Å². The third-order valence-corrected chi connectivity index (χ3v) is 8.09. The fourth-order valence-corrected chi connectivity index (χ4v) is 6.00. The number of halogens is 1. The van der Waals surface area contributed by atoms with Gasteiger partial charge >= 0.3 is 0 Å². The molecule has 4 heterocycles. The number of amides is 2. The van der Waals surface area contributed by atoms with Crippen molar-refractivity contribution in [3.05, 3.63) is 57.8 Å². The van der Waals surface area contributed by atoms with E-state index in [9.17, 15) is 9.59 Å². The second kappa shape index (κ2) is 11.3. The van der Waals surface area contributed by atoms with Crippen LogP contribution < -0.4 is 16.0 Å². The van der Waals surface area contributed by atoms with Crippen LogP contribution in [0.1, 0.15) is 45.9 Å². The molecule has 0 spiro atoms. The summed E-state index contributed by atoms with van der Waals surface area (Å²) < 4.78 is 16.3. The lowest BCUT2D eigenvalue weighted by atomic mass is 10.0. The average Bonchev–Trinajstić information content (AvgIpc) is 3.53. The highest BCUT2D eigenvalue weighted by molar-refractivity contribution is 7.19. The van der Waals surface area contributed by atoms with E-state index in [1.54, 1.807) is 17.2 Å². The maximum Gasteiger partial charge on any atom is 0.262 e. The number of piperidine rings is 1. The number of carbonyl (C=O) groups excluding carboxylic acids is 2. The minimum atomic E-state index is -0.618. The van der Waals surface area contributed by atoms with Crippen LogP contribution in [0.2, 0.25) is 0 Å². The lowest BCUT2D eigenvalue weighted by molar-refractivity contribution is -0.117. The van der Waals surface area contributed by atoms with E-state index in [4.69, 9.17) is 5.73 Å². The zero-order valence-electron chi connectivity index (χ0n) is 20.7. The van der Waals surface area contributed by atoms with Gasteiger partial charge in [0.15, 0.2) is 0 Å².